The summed E-state index contributed by atoms with van der Waals surface area (Å²) in [5.74, 6) is 0. The summed E-state index contributed by atoms with van der Waals surface area (Å²) in [6, 6.07) is 26.3. The Morgan fingerprint density at radius 3 is 1.97 bits per heavy atom. The molecule has 0 saturated carbocycles. The summed E-state index contributed by atoms with van der Waals surface area (Å²) in [6.45, 7) is 8.55. The normalized spacial score (nSPS) is 16.4. The van der Waals surface area contributed by atoms with Crippen LogP contribution in [0.3, 0.4) is 0 Å². The minimum Gasteiger partial charge on any atom is -0.373 e. The Labute approximate surface area is 178 Å². The first-order valence-electron chi connectivity index (χ1n) is 10.5. The molecule has 1 unspecified atom stereocenters. The van der Waals surface area contributed by atoms with Gasteiger partial charge in [-0.1, -0.05) is 48.5 Å². The molecular weight excluding hydrogens is 364 g/mol. The van der Waals surface area contributed by atoms with E-state index >= 15 is 0 Å². The zero-order valence-corrected chi connectivity index (χ0v) is 18.0. The Balaban J connectivity index is 1.70. The van der Waals surface area contributed by atoms with E-state index in [1.807, 2.05) is 0 Å². The van der Waals surface area contributed by atoms with Gasteiger partial charge in [-0.15, -0.1) is 0 Å². The third kappa shape index (κ3) is 3.29. The van der Waals surface area contributed by atoms with Crippen molar-refractivity contribution < 1.29 is 0 Å². The highest BCUT2D eigenvalue weighted by molar-refractivity contribution is 6.21. The van der Waals surface area contributed by atoms with Crippen LogP contribution in [0, 0.1) is 27.7 Å². The molecule has 0 bridgehead atoms. The van der Waals surface area contributed by atoms with E-state index in [0.717, 1.165) is 17.1 Å². The van der Waals surface area contributed by atoms with E-state index in [4.69, 9.17) is 4.99 Å². The molecule has 1 atom stereocenters. The SMILES string of the molecule is Cc1cc(C)cc(N=C2c3cccc4cccc(c34)C2Nc2cc(C)cc(C)c2)c1. The summed E-state index contributed by atoms with van der Waals surface area (Å²) in [5, 5.41) is 6.37. The summed E-state index contributed by atoms with van der Waals surface area (Å²) in [4.78, 5) is 5.20. The van der Waals surface area contributed by atoms with Gasteiger partial charge in [0.05, 0.1) is 17.4 Å². The van der Waals surface area contributed by atoms with Gasteiger partial charge < -0.3 is 5.32 Å². The Morgan fingerprint density at radius 1 is 0.700 bits per heavy atom. The molecule has 4 aromatic carbocycles. The molecule has 0 spiro atoms. The number of nitrogens with zero attached hydrogens (tertiary/aromatic N) is 1. The van der Waals surface area contributed by atoms with Crippen molar-refractivity contribution in [3.05, 3.63) is 106 Å². The van der Waals surface area contributed by atoms with Crippen LogP contribution in [-0.2, 0) is 0 Å². The second-order valence-corrected chi connectivity index (χ2v) is 8.55. The fourth-order valence-electron chi connectivity index (χ4n) is 4.78. The molecule has 1 N–H and O–H groups in total. The smallest absolute Gasteiger partial charge is 0.0952 e. The molecule has 0 radical (unpaired) electrons. The Bertz CT molecular complexity index is 1270. The predicted molar refractivity (Wildman–Crippen MR) is 128 cm³/mol. The van der Waals surface area contributed by atoms with E-state index in [9.17, 15) is 0 Å². The molecule has 0 saturated heterocycles. The Kier molecular flexibility index (Phi) is 4.43. The maximum absolute atomic E-state index is 5.20. The number of benzene rings is 4. The third-order valence-electron chi connectivity index (χ3n) is 5.79. The van der Waals surface area contributed by atoms with Crippen molar-refractivity contribution in [2.24, 2.45) is 4.99 Å². The maximum Gasteiger partial charge on any atom is 0.0952 e. The van der Waals surface area contributed by atoms with Crippen LogP contribution < -0.4 is 5.32 Å². The van der Waals surface area contributed by atoms with E-state index < -0.39 is 0 Å². The quantitative estimate of drug-likeness (QED) is 0.388. The number of anilines is 1. The second kappa shape index (κ2) is 7.14. The van der Waals surface area contributed by atoms with Crippen molar-refractivity contribution in [1.29, 1.82) is 0 Å². The van der Waals surface area contributed by atoms with Crippen molar-refractivity contribution in [3.63, 3.8) is 0 Å². The van der Waals surface area contributed by atoms with Crippen molar-refractivity contribution in [2.45, 2.75) is 33.7 Å². The van der Waals surface area contributed by atoms with Crippen molar-refractivity contribution >= 4 is 27.9 Å². The lowest BCUT2D eigenvalue weighted by Crippen LogP contribution is -2.17. The fraction of sp³-hybridized carbons (Fsp3) is 0.179. The average Bonchev–Trinajstić information content (AvgIpc) is 2.96. The predicted octanol–water partition coefficient (Wildman–Crippen LogP) is 7.36. The molecule has 30 heavy (non-hydrogen) atoms. The first kappa shape index (κ1) is 18.6. The molecule has 0 amide bonds. The van der Waals surface area contributed by atoms with Gasteiger partial charge in [-0.05, 0) is 90.6 Å². The standard InChI is InChI=1S/C28H26N2/c1-17-11-18(2)14-22(13-17)29-27-24-9-5-7-21-8-6-10-25(26(21)24)28(27)30-23-15-19(3)12-20(4)16-23/h5-16,27,29H,1-4H3. The zero-order chi connectivity index (χ0) is 20.8. The van der Waals surface area contributed by atoms with Gasteiger partial charge in [0.2, 0.25) is 0 Å². The number of hydrogen-bond donors (Lipinski definition) is 1. The van der Waals surface area contributed by atoms with E-state index in [-0.39, 0.29) is 6.04 Å². The summed E-state index contributed by atoms with van der Waals surface area (Å²) < 4.78 is 0. The molecule has 2 nitrogen and oxygen atoms in total. The summed E-state index contributed by atoms with van der Waals surface area (Å²) in [5.41, 5.74) is 10.8. The number of hydrogen-bond acceptors (Lipinski definition) is 2. The van der Waals surface area contributed by atoms with Crippen LogP contribution in [0.1, 0.15) is 39.4 Å². The molecule has 4 aromatic rings. The van der Waals surface area contributed by atoms with Gasteiger partial charge in [0.15, 0.2) is 0 Å². The Morgan fingerprint density at radius 2 is 1.30 bits per heavy atom. The molecular formula is C28H26N2. The van der Waals surface area contributed by atoms with Gasteiger partial charge in [-0.25, -0.2) is 0 Å². The van der Waals surface area contributed by atoms with Gasteiger partial charge in [0, 0.05) is 11.3 Å². The van der Waals surface area contributed by atoms with Crippen LogP contribution in [-0.4, -0.2) is 5.71 Å². The topological polar surface area (TPSA) is 24.4 Å². The van der Waals surface area contributed by atoms with Crippen LogP contribution in [0.5, 0.6) is 0 Å². The van der Waals surface area contributed by atoms with Gasteiger partial charge in [-0.2, -0.15) is 0 Å². The number of aliphatic imine (C=N–C) groups is 1. The lowest BCUT2D eigenvalue weighted by atomic mass is 10.0. The lowest BCUT2D eigenvalue weighted by molar-refractivity contribution is 1.06. The van der Waals surface area contributed by atoms with Gasteiger partial charge in [-0.3, -0.25) is 4.99 Å². The molecule has 1 aliphatic carbocycles. The number of aryl methyl sites for hydroxylation is 4. The molecule has 0 aliphatic heterocycles. The van der Waals surface area contributed by atoms with Crippen LogP contribution in [0.2, 0.25) is 0 Å². The first-order valence-corrected chi connectivity index (χ1v) is 10.5. The molecule has 148 valence electrons. The highest BCUT2D eigenvalue weighted by Crippen LogP contribution is 2.40. The number of rotatable bonds is 3. The maximum atomic E-state index is 5.20. The molecule has 1 aliphatic rings. The van der Waals surface area contributed by atoms with Crippen molar-refractivity contribution in [2.75, 3.05) is 5.32 Å². The third-order valence-corrected chi connectivity index (χ3v) is 5.79. The molecule has 0 fully saturated rings. The fourth-order valence-corrected chi connectivity index (χ4v) is 4.78. The monoisotopic (exact) mass is 390 g/mol. The lowest BCUT2D eigenvalue weighted by Gasteiger charge is -2.19. The highest BCUT2D eigenvalue weighted by atomic mass is 15.0. The van der Waals surface area contributed by atoms with E-state index in [2.05, 4.69) is 106 Å². The van der Waals surface area contributed by atoms with E-state index in [1.54, 1.807) is 0 Å². The Hall–Kier alpha value is -3.39. The molecule has 0 aromatic heterocycles. The van der Waals surface area contributed by atoms with Crippen molar-refractivity contribution in [3.8, 4) is 0 Å². The number of nitrogens with one attached hydrogen (secondary N) is 1. The van der Waals surface area contributed by atoms with Crippen LogP contribution >= 0.6 is 0 Å². The van der Waals surface area contributed by atoms with Gasteiger partial charge in [0.1, 0.15) is 0 Å². The van der Waals surface area contributed by atoms with Gasteiger partial charge >= 0.3 is 0 Å². The zero-order valence-electron chi connectivity index (χ0n) is 18.0. The average molecular weight is 391 g/mol. The minimum absolute atomic E-state index is 0.0214. The summed E-state index contributed by atoms with van der Waals surface area (Å²) in [6.07, 6.45) is 0. The molecule has 0 heterocycles. The summed E-state index contributed by atoms with van der Waals surface area (Å²) in [7, 11) is 0. The van der Waals surface area contributed by atoms with Crippen molar-refractivity contribution in [1.82, 2.24) is 0 Å². The van der Waals surface area contributed by atoms with E-state index in [1.165, 1.54) is 44.2 Å². The second-order valence-electron chi connectivity index (χ2n) is 8.55. The highest BCUT2D eigenvalue weighted by Gasteiger charge is 2.31. The van der Waals surface area contributed by atoms with E-state index in [0.29, 0.717) is 0 Å². The molecule has 2 heteroatoms. The minimum atomic E-state index is 0.0214. The van der Waals surface area contributed by atoms with Crippen LogP contribution in [0.25, 0.3) is 10.8 Å². The summed E-state index contributed by atoms with van der Waals surface area (Å²) >= 11 is 0. The van der Waals surface area contributed by atoms with Crippen LogP contribution in [0.15, 0.2) is 77.8 Å². The van der Waals surface area contributed by atoms with Crippen LogP contribution in [0.4, 0.5) is 11.4 Å². The first-order chi connectivity index (χ1) is 14.5. The van der Waals surface area contributed by atoms with Gasteiger partial charge in [0.25, 0.3) is 0 Å². The largest absolute Gasteiger partial charge is 0.373 e. The molecule has 5 rings (SSSR count).